The summed E-state index contributed by atoms with van der Waals surface area (Å²) < 4.78 is -0.432. The maximum atomic E-state index is 10.0. The molecule has 0 saturated heterocycles. The summed E-state index contributed by atoms with van der Waals surface area (Å²) in [6.07, 6.45) is 0. The van der Waals surface area contributed by atoms with Crippen LogP contribution in [0.15, 0.2) is 29.2 Å². The molecule has 0 aliphatic heterocycles. The van der Waals surface area contributed by atoms with Crippen LogP contribution in [0.4, 0.5) is 0 Å². The Balaban J connectivity index is 2.74. The van der Waals surface area contributed by atoms with E-state index in [0.29, 0.717) is 16.8 Å². The van der Waals surface area contributed by atoms with E-state index in [-0.39, 0.29) is 0 Å². The molecular weight excluding hydrogens is 162 g/mol. The number of nitro groups is 1. The van der Waals surface area contributed by atoms with Crippen molar-refractivity contribution in [2.75, 3.05) is 0 Å². The van der Waals surface area contributed by atoms with Crippen LogP contribution in [0.2, 0.25) is 0 Å². The largest absolute Gasteiger partial charge is 0.265 e. The van der Waals surface area contributed by atoms with Gasteiger partial charge >= 0.3 is 0 Å². The van der Waals surface area contributed by atoms with Crippen LogP contribution >= 0.6 is 11.9 Å². The van der Waals surface area contributed by atoms with E-state index < -0.39 is 4.33 Å². The molecule has 11 heavy (non-hydrogen) atoms. The first-order chi connectivity index (χ1) is 5.18. The molecule has 0 saturated carbocycles. The molecule has 0 unspecified atom stereocenters. The zero-order chi connectivity index (χ0) is 8.27. The lowest BCUT2D eigenvalue weighted by molar-refractivity contribution is -0.284. The summed E-state index contributed by atoms with van der Waals surface area (Å²) in [5.74, 6) is 0. The second-order valence-electron chi connectivity index (χ2n) is 1.96. The van der Waals surface area contributed by atoms with Gasteiger partial charge in [0.25, 0.3) is 11.9 Å². The van der Waals surface area contributed by atoms with Gasteiger partial charge in [0.05, 0.1) is 4.90 Å². The molecule has 3 nitrogen and oxygen atoms in total. The molecule has 0 fully saturated rings. The van der Waals surface area contributed by atoms with Gasteiger partial charge in [0.2, 0.25) is 0 Å². The van der Waals surface area contributed by atoms with E-state index in [4.69, 9.17) is 0 Å². The molecule has 1 rings (SSSR count). The lowest BCUT2D eigenvalue weighted by Crippen LogP contribution is -1.82. The van der Waals surface area contributed by atoms with Crippen molar-refractivity contribution in [3.05, 3.63) is 46.9 Å². The summed E-state index contributed by atoms with van der Waals surface area (Å²) in [5, 5.41) is 10.0. The highest BCUT2D eigenvalue weighted by Crippen LogP contribution is 2.17. The quantitative estimate of drug-likeness (QED) is 0.386. The van der Waals surface area contributed by atoms with Crippen molar-refractivity contribution in [2.24, 2.45) is 0 Å². The predicted molar refractivity (Wildman–Crippen MR) is 43.8 cm³/mol. The predicted octanol–water partition coefficient (Wildman–Crippen LogP) is 2.15. The van der Waals surface area contributed by atoms with Gasteiger partial charge in [-0.25, -0.2) is 0 Å². The van der Waals surface area contributed by atoms with Gasteiger partial charge in [-0.15, -0.1) is 0 Å². The molecule has 57 valence electrons. The number of hydrogen-bond donors (Lipinski definition) is 0. The molecule has 0 heterocycles. The Kier molecular flexibility index (Phi) is 2.48. The van der Waals surface area contributed by atoms with Gasteiger partial charge < -0.3 is 0 Å². The van der Waals surface area contributed by atoms with Crippen molar-refractivity contribution >= 4 is 11.9 Å². The summed E-state index contributed by atoms with van der Waals surface area (Å²) in [4.78, 5) is 10.6. The minimum absolute atomic E-state index is 0.432. The molecule has 0 spiro atoms. The summed E-state index contributed by atoms with van der Waals surface area (Å²) in [6, 6.07) is 6.84. The topological polar surface area (TPSA) is 43.1 Å². The van der Waals surface area contributed by atoms with Gasteiger partial charge in [-0.05, 0) is 24.6 Å². The number of rotatable bonds is 2. The molecule has 0 amide bonds. The van der Waals surface area contributed by atoms with Gasteiger partial charge in [0.15, 0.2) is 0 Å². The Morgan fingerprint density at radius 3 is 2.36 bits per heavy atom. The third-order valence-electron chi connectivity index (χ3n) is 1.10. The highest BCUT2D eigenvalue weighted by Gasteiger charge is 2.02. The van der Waals surface area contributed by atoms with E-state index >= 15 is 0 Å². The third kappa shape index (κ3) is 2.59. The second-order valence-corrected chi connectivity index (χ2v) is 2.91. The molecule has 0 aliphatic carbocycles. The van der Waals surface area contributed by atoms with Crippen molar-refractivity contribution in [1.82, 2.24) is 0 Å². The minimum Gasteiger partial charge on any atom is -0.250 e. The molecule has 0 atom stereocenters. The average molecular weight is 168 g/mol. The Morgan fingerprint density at radius 1 is 1.36 bits per heavy atom. The van der Waals surface area contributed by atoms with E-state index in [0.717, 1.165) is 5.56 Å². The fourth-order valence-corrected chi connectivity index (χ4v) is 1.07. The van der Waals surface area contributed by atoms with Crippen molar-refractivity contribution < 1.29 is 4.33 Å². The van der Waals surface area contributed by atoms with E-state index in [2.05, 4.69) is 6.92 Å². The Hall–Kier alpha value is -1.03. The SMILES string of the molecule is [CH2]c1ccc(S[N+](=O)[O-])cc1. The van der Waals surface area contributed by atoms with Crippen molar-refractivity contribution in [2.45, 2.75) is 4.90 Å². The highest BCUT2D eigenvalue weighted by atomic mass is 32.2. The monoisotopic (exact) mass is 168 g/mol. The standard InChI is InChI=1S/C7H6NO2S/c1-6-2-4-7(5-3-6)11-8(9)10/h2-5H,1H2. The third-order valence-corrected chi connectivity index (χ3v) is 1.74. The van der Waals surface area contributed by atoms with Gasteiger partial charge in [0, 0.05) is 0 Å². The number of nitrogens with zero attached hydrogens (tertiary/aromatic N) is 1. The molecule has 0 aromatic heterocycles. The van der Waals surface area contributed by atoms with Gasteiger partial charge in [-0.3, -0.25) is 10.1 Å². The van der Waals surface area contributed by atoms with E-state index in [1.165, 1.54) is 0 Å². The maximum absolute atomic E-state index is 10.0. The first kappa shape index (κ1) is 8.07. The summed E-state index contributed by atoms with van der Waals surface area (Å²) >= 11 is 0.602. The fourth-order valence-electron chi connectivity index (χ4n) is 0.636. The molecule has 0 N–H and O–H groups in total. The van der Waals surface area contributed by atoms with Gasteiger partial charge in [0.1, 0.15) is 4.33 Å². The normalized spacial score (nSPS) is 9.55. The van der Waals surface area contributed by atoms with E-state index in [1.807, 2.05) is 0 Å². The highest BCUT2D eigenvalue weighted by molar-refractivity contribution is 7.93. The molecule has 1 aromatic carbocycles. The number of benzene rings is 1. The van der Waals surface area contributed by atoms with Crippen molar-refractivity contribution in [3.63, 3.8) is 0 Å². The van der Waals surface area contributed by atoms with Crippen LogP contribution in [0.3, 0.4) is 0 Å². The molecule has 1 radical (unpaired) electrons. The van der Waals surface area contributed by atoms with Crippen LogP contribution < -0.4 is 0 Å². The van der Waals surface area contributed by atoms with Crippen LogP contribution in [0.25, 0.3) is 0 Å². The maximum Gasteiger partial charge on any atom is 0.265 e. The zero-order valence-corrected chi connectivity index (χ0v) is 6.50. The smallest absolute Gasteiger partial charge is 0.250 e. The van der Waals surface area contributed by atoms with Gasteiger partial charge in [-0.1, -0.05) is 12.1 Å². The Morgan fingerprint density at radius 2 is 1.91 bits per heavy atom. The number of hydrogen-bond acceptors (Lipinski definition) is 3. The Labute approximate surface area is 68.7 Å². The molecule has 0 aliphatic rings. The zero-order valence-electron chi connectivity index (χ0n) is 5.69. The van der Waals surface area contributed by atoms with Crippen LogP contribution in [-0.4, -0.2) is 4.33 Å². The van der Waals surface area contributed by atoms with Crippen LogP contribution in [0.5, 0.6) is 0 Å². The van der Waals surface area contributed by atoms with Crippen LogP contribution in [0, 0.1) is 17.0 Å². The van der Waals surface area contributed by atoms with Crippen molar-refractivity contribution in [3.8, 4) is 0 Å². The molecule has 4 heteroatoms. The summed E-state index contributed by atoms with van der Waals surface area (Å²) in [7, 11) is 0. The van der Waals surface area contributed by atoms with E-state index in [1.54, 1.807) is 24.3 Å². The first-order valence-corrected chi connectivity index (χ1v) is 3.70. The lowest BCUT2D eigenvalue weighted by atomic mass is 10.2. The lowest BCUT2D eigenvalue weighted by Gasteiger charge is -1.91. The van der Waals surface area contributed by atoms with Crippen molar-refractivity contribution in [1.29, 1.82) is 0 Å². The van der Waals surface area contributed by atoms with Crippen LogP contribution in [-0.2, 0) is 0 Å². The van der Waals surface area contributed by atoms with E-state index in [9.17, 15) is 10.1 Å². The molecule has 1 aromatic rings. The average Bonchev–Trinajstić information content (AvgIpc) is 1.93. The summed E-state index contributed by atoms with van der Waals surface area (Å²) in [6.45, 7) is 3.66. The first-order valence-electron chi connectivity index (χ1n) is 2.93. The molecule has 0 bridgehead atoms. The Bertz CT molecular complexity index is 258. The molecular formula is C7H6NO2S. The summed E-state index contributed by atoms with van der Waals surface area (Å²) in [5.41, 5.74) is 0.859. The minimum atomic E-state index is -0.432. The van der Waals surface area contributed by atoms with Crippen LogP contribution in [0.1, 0.15) is 5.56 Å². The fraction of sp³-hybridized carbons (Fsp3) is 0. The second kappa shape index (κ2) is 3.39. The van der Waals surface area contributed by atoms with Gasteiger partial charge in [-0.2, -0.15) is 0 Å².